The van der Waals surface area contributed by atoms with Crippen LogP contribution in [0.15, 0.2) is 34.9 Å². The van der Waals surface area contributed by atoms with Crippen LogP contribution in [0.5, 0.6) is 0 Å². The van der Waals surface area contributed by atoms with Gasteiger partial charge in [0.15, 0.2) is 5.82 Å². The normalized spacial score (nSPS) is 32.5. The summed E-state index contributed by atoms with van der Waals surface area (Å²) in [7, 11) is 2.25. The molecule has 4 nitrogen and oxygen atoms in total. The molecule has 4 heteroatoms. The van der Waals surface area contributed by atoms with Crippen molar-refractivity contribution in [3.63, 3.8) is 0 Å². The van der Waals surface area contributed by atoms with Gasteiger partial charge >= 0.3 is 0 Å². The maximum absolute atomic E-state index is 5.57. The second-order valence-corrected chi connectivity index (χ2v) is 6.42. The molecule has 4 atom stereocenters. The van der Waals surface area contributed by atoms with Crippen LogP contribution >= 0.6 is 0 Å². The van der Waals surface area contributed by atoms with Gasteiger partial charge in [0.05, 0.1) is 5.92 Å². The van der Waals surface area contributed by atoms with E-state index in [1.54, 1.807) is 0 Å². The number of benzene rings is 1. The molecule has 21 heavy (non-hydrogen) atoms. The van der Waals surface area contributed by atoms with Crippen molar-refractivity contribution in [3.8, 4) is 0 Å². The minimum absolute atomic E-state index is 0.317. The molecule has 0 spiro atoms. The van der Waals surface area contributed by atoms with Crippen molar-refractivity contribution in [3.05, 3.63) is 47.6 Å². The van der Waals surface area contributed by atoms with Crippen molar-refractivity contribution in [2.45, 2.75) is 50.1 Å². The van der Waals surface area contributed by atoms with Crippen LogP contribution in [0.1, 0.15) is 48.4 Å². The van der Waals surface area contributed by atoms with Gasteiger partial charge in [-0.05, 0) is 44.7 Å². The summed E-state index contributed by atoms with van der Waals surface area (Å²) in [5.41, 5.74) is 1.41. The summed E-state index contributed by atoms with van der Waals surface area (Å²) in [5.74, 6) is 2.36. The van der Waals surface area contributed by atoms with Crippen LogP contribution in [-0.2, 0) is 0 Å². The van der Waals surface area contributed by atoms with Crippen molar-refractivity contribution >= 4 is 0 Å². The van der Waals surface area contributed by atoms with Gasteiger partial charge in [-0.2, -0.15) is 4.98 Å². The fourth-order valence-corrected chi connectivity index (χ4v) is 4.29. The quantitative estimate of drug-likeness (QED) is 0.849. The van der Waals surface area contributed by atoms with E-state index >= 15 is 0 Å². The lowest BCUT2D eigenvalue weighted by molar-refractivity contribution is 0.120. The summed E-state index contributed by atoms with van der Waals surface area (Å²) in [6, 6.07) is 12.0. The maximum Gasteiger partial charge on any atom is 0.231 e. The number of nitrogens with zero attached hydrogens (tertiary/aromatic N) is 3. The van der Waals surface area contributed by atoms with Crippen LogP contribution in [0, 0.1) is 6.92 Å². The Morgan fingerprint density at radius 1 is 1.19 bits per heavy atom. The van der Waals surface area contributed by atoms with E-state index in [1.165, 1.54) is 24.8 Å². The number of likely N-dealkylation sites (N-methyl/N-ethyl adjacent to an activating group) is 1. The lowest BCUT2D eigenvalue weighted by Crippen LogP contribution is -2.44. The highest BCUT2D eigenvalue weighted by Crippen LogP contribution is 2.50. The number of aryl methyl sites for hydroxylation is 1. The molecule has 2 unspecified atom stereocenters. The Morgan fingerprint density at radius 3 is 2.71 bits per heavy atom. The third kappa shape index (κ3) is 2.09. The van der Waals surface area contributed by atoms with Gasteiger partial charge in [0.1, 0.15) is 0 Å². The average molecular weight is 283 g/mol. The van der Waals surface area contributed by atoms with Crippen LogP contribution in [0.3, 0.4) is 0 Å². The molecular weight excluding hydrogens is 262 g/mol. The van der Waals surface area contributed by atoms with E-state index in [0.29, 0.717) is 23.9 Å². The van der Waals surface area contributed by atoms with Crippen molar-refractivity contribution in [2.24, 2.45) is 0 Å². The molecule has 0 saturated carbocycles. The zero-order valence-electron chi connectivity index (χ0n) is 12.6. The Labute approximate surface area is 125 Å². The summed E-state index contributed by atoms with van der Waals surface area (Å²) < 4.78 is 5.57. The van der Waals surface area contributed by atoms with Crippen LogP contribution in [0.2, 0.25) is 0 Å². The Hall–Kier alpha value is -1.68. The van der Waals surface area contributed by atoms with Crippen LogP contribution in [0.25, 0.3) is 0 Å². The van der Waals surface area contributed by atoms with Crippen LogP contribution in [0.4, 0.5) is 0 Å². The summed E-state index contributed by atoms with van der Waals surface area (Å²) in [5, 5.41) is 4.02. The van der Waals surface area contributed by atoms with E-state index in [2.05, 4.69) is 52.4 Å². The predicted octanol–water partition coefficient (Wildman–Crippen LogP) is 3.11. The second-order valence-electron chi connectivity index (χ2n) is 6.42. The first-order valence-corrected chi connectivity index (χ1v) is 7.81. The SMILES string of the molecule is Cc1noc([C@@H]2C3CCC(C[C@H]2c2ccccc2)N3C)n1. The maximum atomic E-state index is 5.57. The molecule has 2 saturated heterocycles. The third-order valence-corrected chi connectivity index (χ3v) is 5.32. The highest BCUT2D eigenvalue weighted by atomic mass is 16.5. The minimum Gasteiger partial charge on any atom is -0.339 e. The molecule has 2 bridgehead atoms. The van der Waals surface area contributed by atoms with Gasteiger partial charge in [-0.3, -0.25) is 4.90 Å². The number of aromatic nitrogens is 2. The van der Waals surface area contributed by atoms with E-state index in [1.807, 2.05) is 6.92 Å². The van der Waals surface area contributed by atoms with Crippen LogP contribution < -0.4 is 0 Å². The molecule has 1 aromatic heterocycles. The molecule has 1 aromatic carbocycles. The topological polar surface area (TPSA) is 42.2 Å². The Bertz CT molecular complexity index is 624. The molecule has 2 fully saturated rings. The second kappa shape index (κ2) is 4.95. The molecule has 0 amide bonds. The zero-order chi connectivity index (χ0) is 14.4. The molecule has 110 valence electrons. The highest BCUT2D eigenvalue weighted by Gasteiger charge is 2.48. The minimum atomic E-state index is 0.317. The molecule has 2 aliphatic rings. The summed E-state index contributed by atoms with van der Waals surface area (Å²) in [6.45, 7) is 1.90. The molecule has 0 radical (unpaired) electrons. The summed E-state index contributed by atoms with van der Waals surface area (Å²) >= 11 is 0. The fraction of sp³-hybridized carbons (Fsp3) is 0.529. The van der Waals surface area contributed by atoms with E-state index in [0.717, 1.165) is 11.7 Å². The smallest absolute Gasteiger partial charge is 0.231 e. The van der Waals surface area contributed by atoms with Crippen LogP contribution in [-0.4, -0.2) is 34.2 Å². The number of hydrogen-bond donors (Lipinski definition) is 0. The first kappa shape index (κ1) is 13.0. The van der Waals surface area contributed by atoms with E-state index in [4.69, 9.17) is 4.52 Å². The number of hydrogen-bond acceptors (Lipinski definition) is 4. The largest absolute Gasteiger partial charge is 0.339 e. The zero-order valence-corrected chi connectivity index (χ0v) is 12.6. The Balaban J connectivity index is 1.77. The molecular formula is C17H21N3O. The lowest BCUT2D eigenvalue weighted by Gasteiger charge is -2.41. The van der Waals surface area contributed by atoms with Crippen molar-refractivity contribution in [1.29, 1.82) is 0 Å². The molecule has 0 N–H and O–H groups in total. The molecule has 2 aromatic rings. The van der Waals surface area contributed by atoms with Crippen molar-refractivity contribution in [2.75, 3.05) is 7.05 Å². The number of fused-ring (bicyclic) bond motifs is 2. The van der Waals surface area contributed by atoms with Gasteiger partial charge in [-0.15, -0.1) is 0 Å². The summed E-state index contributed by atoms with van der Waals surface area (Å²) in [6.07, 6.45) is 3.70. The van der Waals surface area contributed by atoms with Gasteiger partial charge in [0.2, 0.25) is 5.89 Å². The van der Waals surface area contributed by atoms with Gasteiger partial charge in [0.25, 0.3) is 0 Å². The molecule has 4 rings (SSSR count). The number of piperidine rings is 1. The number of rotatable bonds is 2. The standard InChI is InChI=1S/C17H21N3O/c1-11-18-17(21-19-11)16-14(12-6-4-3-5-7-12)10-13-8-9-15(16)20(13)2/h3-7,13-16H,8-10H2,1-2H3/t13?,14-,15?,16-/m0/s1. The predicted molar refractivity (Wildman–Crippen MR) is 80.1 cm³/mol. The third-order valence-electron chi connectivity index (χ3n) is 5.32. The Kier molecular flexibility index (Phi) is 3.07. The molecule has 0 aliphatic carbocycles. The summed E-state index contributed by atoms with van der Waals surface area (Å²) in [4.78, 5) is 7.09. The van der Waals surface area contributed by atoms with Gasteiger partial charge in [0, 0.05) is 12.1 Å². The van der Waals surface area contributed by atoms with E-state index < -0.39 is 0 Å². The molecule has 2 aliphatic heterocycles. The average Bonchev–Trinajstić information content (AvgIpc) is 3.01. The van der Waals surface area contributed by atoms with Crippen molar-refractivity contribution < 1.29 is 4.52 Å². The van der Waals surface area contributed by atoms with Gasteiger partial charge in [-0.1, -0.05) is 35.5 Å². The molecule has 3 heterocycles. The van der Waals surface area contributed by atoms with Gasteiger partial charge in [-0.25, -0.2) is 0 Å². The fourth-order valence-electron chi connectivity index (χ4n) is 4.29. The lowest BCUT2D eigenvalue weighted by atomic mass is 9.76. The monoisotopic (exact) mass is 283 g/mol. The van der Waals surface area contributed by atoms with Crippen molar-refractivity contribution in [1.82, 2.24) is 15.0 Å². The van der Waals surface area contributed by atoms with Gasteiger partial charge < -0.3 is 4.52 Å². The first-order chi connectivity index (χ1) is 10.2. The Morgan fingerprint density at radius 2 is 2.00 bits per heavy atom. The van der Waals surface area contributed by atoms with E-state index in [-0.39, 0.29) is 0 Å². The highest BCUT2D eigenvalue weighted by molar-refractivity contribution is 5.27. The first-order valence-electron chi connectivity index (χ1n) is 7.81. The van der Waals surface area contributed by atoms with E-state index in [9.17, 15) is 0 Å².